The van der Waals surface area contributed by atoms with Crippen LogP contribution in [0.25, 0.3) is 21.5 Å². The lowest BCUT2D eigenvalue weighted by molar-refractivity contribution is -0.114. The number of carbonyl (C=O) groups excluding carboxylic acids is 1. The molecular formula is C21H18N4OS. The van der Waals surface area contributed by atoms with Gasteiger partial charge in [0, 0.05) is 51.1 Å². The third kappa shape index (κ3) is 3.66. The highest BCUT2D eigenvalue weighted by Gasteiger charge is 2.11. The Morgan fingerprint density at radius 1 is 1.04 bits per heavy atom. The van der Waals surface area contributed by atoms with Crippen molar-refractivity contribution in [3.8, 4) is 11.4 Å². The molecule has 0 aliphatic carbocycles. The molecular weight excluding hydrogens is 356 g/mol. The summed E-state index contributed by atoms with van der Waals surface area (Å²) < 4.78 is 1.22. The summed E-state index contributed by atoms with van der Waals surface area (Å²) in [5.74, 6) is 1.38. The maximum Gasteiger partial charge on any atom is 0.221 e. The van der Waals surface area contributed by atoms with Gasteiger partial charge in [0.15, 0.2) is 5.82 Å². The Bertz CT molecular complexity index is 1120. The van der Waals surface area contributed by atoms with Crippen LogP contribution in [0, 0.1) is 6.92 Å². The second kappa shape index (κ2) is 7.17. The Labute approximate surface area is 161 Å². The van der Waals surface area contributed by atoms with Gasteiger partial charge in [-0.1, -0.05) is 18.2 Å². The van der Waals surface area contributed by atoms with Crippen molar-refractivity contribution in [3.63, 3.8) is 0 Å². The summed E-state index contributed by atoms with van der Waals surface area (Å²) in [6.45, 7) is 3.47. The minimum absolute atomic E-state index is 0.0880. The van der Waals surface area contributed by atoms with Gasteiger partial charge in [0.1, 0.15) is 5.82 Å². The third-order valence-electron chi connectivity index (χ3n) is 4.16. The number of aryl methyl sites for hydroxylation is 1. The van der Waals surface area contributed by atoms with Gasteiger partial charge in [-0.15, -0.1) is 11.3 Å². The molecule has 5 nitrogen and oxygen atoms in total. The van der Waals surface area contributed by atoms with E-state index in [1.165, 1.54) is 11.6 Å². The average molecular weight is 374 g/mol. The molecule has 0 fully saturated rings. The van der Waals surface area contributed by atoms with Crippen LogP contribution in [0.4, 0.5) is 17.2 Å². The molecule has 0 spiro atoms. The van der Waals surface area contributed by atoms with Gasteiger partial charge in [0.2, 0.25) is 5.91 Å². The summed E-state index contributed by atoms with van der Waals surface area (Å²) in [5.41, 5.74) is 3.66. The number of amides is 1. The predicted octanol–water partition coefficient (Wildman–Crippen LogP) is 5.37. The molecule has 4 rings (SSSR count). The van der Waals surface area contributed by atoms with Crippen LogP contribution in [0.15, 0.2) is 60.1 Å². The summed E-state index contributed by atoms with van der Waals surface area (Å²) in [5, 5.41) is 9.37. The van der Waals surface area contributed by atoms with E-state index in [4.69, 9.17) is 4.98 Å². The van der Waals surface area contributed by atoms with Crippen LogP contribution in [0.2, 0.25) is 0 Å². The number of benzene rings is 2. The van der Waals surface area contributed by atoms with E-state index in [0.29, 0.717) is 5.82 Å². The summed E-state index contributed by atoms with van der Waals surface area (Å²) in [7, 11) is 0. The van der Waals surface area contributed by atoms with Gasteiger partial charge in [-0.25, -0.2) is 9.97 Å². The highest BCUT2D eigenvalue weighted by Crippen LogP contribution is 2.33. The number of aromatic nitrogens is 2. The molecule has 0 atom stereocenters. The zero-order chi connectivity index (χ0) is 18.8. The van der Waals surface area contributed by atoms with Crippen LogP contribution in [0.5, 0.6) is 0 Å². The van der Waals surface area contributed by atoms with E-state index < -0.39 is 0 Å². The number of fused-ring (bicyclic) bond motifs is 1. The van der Waals surface area contributed by atoms with Gasteiger partial charge in [0.05, 0.1) is 0 Å². The first kappa shape index (κ1) is 17.2. The molecule has 27 heavy (non-hydrogen) atoms. The molecule has 0 saturated heterocycles. The molecule has 1 amide bonds. The van der Waals surface area contributed by atoms with Gasteiger partial charge >= 0.3 is 0 Å². The SMILES string of the molecule is CC(=O)Nc1ccc(Nc2nc(-c3csc4ccccc34)ncc2C)cc1. The lowest BCUT2D eigenvalue weighted by Gasteiger charge is -2.11. The molecule has 6 heteroatoms. The van der Waals surface area contributed by atoms with E-state index in [1.54, 1.807) is 11.3 Å². The molecule has 2 heterocycles. The quantitative estimate of drug-likeness (QED) is 0.504. The number of carbonyl (C=O) groups is 1. The third-order valence-corrected chi connectivity index (χ3v) is 5.13. The zero-order valence-electron chi connectivity index (χ0n) is 15.0. The average Bonchev–Trinajstić information content (AvgIpc) is 3.09. The molecule has 4 aromatic rings. The van der Waals surface area contributed by atoms with Crippen molar-refractivity contribution in [3.05, 3.63) is 65.7 Å². The summed E-state index contributed by atoms with van der Waals surface area (Å²) in [6, 6.07) is 15.8. The Kier molecular flexibility index (Phi) is 4.56. The predicted molar refractivity (Wildman–Crippen MR) is 112 cm³/mol. The maximum absolute atomic E-state index is 11.1. The van der Waals surface area contributed by atoms with Crippen molar-refractivity contribution in [1.29, 1.82) is 0 Å². The lowest BCUT2D eigenvalue weighted by atomic mass is 10.1. The number of nitrogens with one attached hydrogen (secondary N) is 2. The minimum atomic E-state index is -0.0880. The second-order valence-electron chi connectivity index (χ2n) is 6.25. The van der Waals surface area contributed by atoms with E-state index in [1.807, 2.05) is 49.5 Å². The first-order valence-electron chi connectivity index (χ1n) is 8.55. The number of hydrogen-bond acceptors (Lipinski definition) is 5. The molecule has 0 aliphatic heterocycles. The van der Waals surface area contributed by atoms with E-state index in [2.05, 4.69) is 33.1 Å². The van der Waals surface area contributed by atoms with Crippen molar-refractivity contribution in [2.75, 3.05) is 10.6 Å². The minimum Gasteiger partial charge on any atom is -0.340 e. The zero-order valence-corrected chi connectivity index (χ0v) is 15.8. The second-order valence-corrected chi connectivity index (χ2v) is 7.17. The van der Waals surface area contributed by atoms with Crippen molar-refractivity contribution >= 4 is 44.5 Å². The normalized spacial score (nSPS) is 10.7. The fourth-order valence-corrected chi connectivity index (χ4v) is 3.77. The first-order valence-corrected chi connectivity index (χ1v) is 9.43. The molecule has 0 radical (unpaired) electrons. The highest BCUT2D eigenvalue weighted by molar-refractivity contribution is 7.17. The van der Waals surface area contributed by atoms with E-state index in [0.717, 1.165) is 33.7 Å². The van der Waals surface area contributed by atoms with Crippen LogP contribution >= 0.6 is 11.3 Å². The summed E-state index contributed by atoms with van der Waals surface area (Å²) >= 11 is 1.69. The van der Waals surface area contributed by atoms with Crippen LogP contribution in [-0.2, 0) is 4.79 Å². The van der Waals surface area contributed by atoms with Crippen LogP contribution < -0.4 is 10.6 Å². The van der Waals surface area contributed by atoms with Crippen molar-refractivity contribution < 1.29 is 4.79 Å². The van der Waals surface area contributed by atoms with Gasteiger partial charge in [-0.2, -0.15) is 0 Å². The number of rotatable bonds is 4. The topological polar surface area (TPSA) is 66.9 Å². The summed E-state index contributed by atoms with van der Waals surface area (Å²) in [4.78, 5) is 20.4. The Hall–Kier alpha value is -3.25. The first-order chi connectivity index (χ1) is 13.1. The fraction of sp³-hybridized carbons (Fsp3) is 0.0952. The monoisotopic (exact) mass is 374 g/mol. The maximum atomic E-state index is 11.1. The van der Waals surface area contributed by atoms with Gasteiger partial charge in [-0.05, 0) is 37.3 Å². The number of hydrogen-bond donors (Lipinski definition) is 2. The fourth-order valence-electron chi connectivity index (χ4n) is 2.83. The van der Waals surface area contributed by atoms with Gasteiger partial charge in [0.25, 0.3) is 0 Å². The molecule has 0 bridgehead atoms. The lowest BCUT2D eigenvalue weighted by Crippen LogP contribution is -2.05. The van der Waals surface area contributed by atoms with Crippen molar-refractivity contribution in [2.45, 2.75) is 13.8 Å². The van der Waals surface area contributed by atoms with Crippen molar-refractivity contribution in [1.82, 2.24) is 9.97 Å². The molecule has 0 aliphatic rings. The van der Waals surface area contributed by atoms with E-state index >= 15 is 0 Å². The highest BCUT2D eigenvalue weighted by atomic mass is 32.1. The van der Waals surface area contributed by atoms with Crippen molar-refractivity contribution in [2.24, 2.45) is 0 Å². The van der Waals surface area contributed by atoms with E-state index in [-0.39, 0.29) is 5.91 Å². The van der Waals surface area contributed by atoms with E-state index in [9.17, 15) is 4.79 Å². The molecule has 134 valence electrons. The summed E-state index contributed by atoms with van der Waals surface area (Å²) in [6.07, 6.45) is 1.84. The Morgan fingerprint density at radius 3 is 2.56 bits per heavy atom. The number of thiophene rings is 1. The van der Waals surface area contributed by atoms with Crippen LogP contribution in [0.1, 0.15) is 12.5 Å². The number of nitrogens with zero attached hydrogens (tertiary/aromatic N) is 2. The Morgan fingerprint density at radius 2 is 1.78 bits per heavy atom. The molecule has 2 N–H and O–H groups in total. The molecule has 0 saturated carbocycles. The van der Waals surface area contributed by atoms with Crippen LogP contribution in [-0.4, -0.2) is 15.9 Å². The van der Waals surface area contributed by atoms with Gasteiger partial charge in [-0.3, -0.25) is 4.79 Å². The molecule has 0 unspecified atom stereocenters. The number of anilines is 3. The van der Waals surface area contributed by atoms with Crippen LogP contribution in [0.3, 0.4) is 0 Å². The molecule has 2 aromatic heterocycles. The van der Waals surface area contributed by atoms with Gasteiger partial charge < -0.3 is 10.6 Å². The smallest absolute Gasteiger partial charge is 0.221 e. The largest absolute Gasteiger partial charge is 0.340 e. The standard InChI is InChI=1S/C21H18N4OS/c1-13-11-22-21(18-12-27-19-6-4-3-5-17(18)19)25-20(13)24-16-9-7-15(8-10-16)23-14(2)26/h3-12H,1-2H3,(H,23,26)(H,22,24,25). The Balaban J connectivity index is 1.64. The molecule has 2 aromatic carbocycles.